The quantitative estimate of drug-likeness (QED) is 0.736. The Balaban J connectivity index is 2.25. The number of carbonyl (C=O) groups excluding carboxylic acids is 2. The molecule has 0 fully saturated rings. The summed E-state index contributed by atoms with van der Waals surface area (Å²) >= 11 is 0. The fraction of sp³-hybridized carbons (Fsp3) is 0.333. The van der Waals surface area contributed by atoms with Gasteiger partial charge in [0.2, 0.25) is 6.10 Å². The number of fused-ring (bicyclic) bond motifs is 1. The van der Waals surface area contributed by atoms with Crippen LogP contribution < -0.4 is 4.74 Å². The van der Waals surface area contributed by atoms with Crippen molar-refractivity contribution in [2.75, 3.05) is 6.61 Å². The number of rotatable bonds is 2. The van der Waals surface area contributed by atoms with Crippen LogP contribution in [0.1, 0.15) is 23.7 Å². The zero-order valence-corrected chi connectivity index (χ0v) is 9.23. The van der Waals surface area contributed by atoms with Crippen molar-refractivity contribution in [2.45, 2.75) is 19.4 Å². The van der Waals surface area contributed by atoms with Gasteiger partial charge in [0.1, 0.15) is 11.6 Å². The molecule has 1 atom stereocenters. The van der Waals surface area contributed by atoms with Gasteiger partial charge in [-0.15, -0.1) is 0 Å². The molecule has 0 spiro atoms. The standard InChI is InChI=1S/C12H11FO4/c1-2-16-12(15)11-6-9(14)8-5-7(13)3-4-10(8)17-11/h3-5,11H,2,6H2,1H3. The lowest BCUT2D eigenvalue weighted by molar-refractivity contribution is -0.151. The Bertz CT molecular complexity index is 470. The molecular formula is C12H11FO4. The number of halogens is 1. The fourth-order valence-electron chi connectivity index (χ4n) is 1.66. The lowest BCUT2D eigenvalue weighted by Crippen LogP contribution is -2.35. The SMILES string of the molecule is CCOC(=O)C1CC(=O)c2cc(F)ccc2O1. The molecule has 1 aliphatic heterocycles. The molecule has 0 aliphatic carbocycles. The van der Waals surface area contributed by atoms with Gasteiger partial charge in [-0.1, -0.05) is 0 Å². The van der Waals surface area contributed by atoms with Crippen LogP contribution >= 0.6 is 0 Å². The number of esters is 1. The van der Waals surface area contributed by atoms with Crippen LogP contribution in [0.15, 0.2) is 18.2 Å². The predicted molar refractivity (Wildman–Crippen MR) is 56.4 cm³/mol. The first-order valence-electron chi connectivity index (χ1n) is 5.28. The van der Waals surface area contributed by atoms with Gasteiger partial charge in [-0.25, -0.2) is 9.18 Å². The van der Waals surface area contributed by atoms with Gasteiger partial charge >= 0.3 is 5.97 Å². The Morgan fingerprint density at radius 3 is 3.06 bits per heavy atom. The van der Waals surface area contributed by atoms with E-state index in [0.29, 0.717) is 0 Å². The number of carbonyl (C=O) groups is 2. The number of Topliss-reactive ketones (excluding diaryl/α,β-unsaturated/α-hetero) is 1. The second-order valence-corrected chi connectivity index (χ2v) is 3.63. The molecule has 1 heterocycles. The van der Waals surface area contributed by atoms with E-state index >= 15 is 0 Å². The molecule has 0 amide bonds. The summed E-state index contributed by atoms with van der Waals surface area (Å²) in [6.45, 7) is 1.90. The predicted octanol–water partition coefficient (Wildman–Crippen LogP) is 1.72. The van der Waals surface area contributed by atoms with Gasteiger partial charge in [0.25, 0.3) is 0 Å². The smallest absolute Gasteiger partial charge is 0.347 e. The summed E-state index contributed by atoms with van der Waals surface area (Å²) in [5, 5.41) is 0. The molecule has 1 unspecified atom stereocenters. The molecule has 90 valence electrons. The van der Waals surface area contributed by atoms with Crippen LogP contribution in [0.3, 0.4) is 0 Å². The Labute approximate surface area is 97.3 Å². The molecule has 4 nitrogen and oxygen atoms in total. The topological polar surface area (TPSA) is 52.6 Å². The maximum absolute atomic E-state index is 12.9. The summed E-state index contributed by atoms with van der Waals surface area (Å²) in [4.78, 5) is 23.1. The van der Waals surface area contributed by atoms with E-state index in [1.165, 1.54) is 12.1 Å². The average Bonchev–Trinajstić information content (AvgIpc) is 2.30. The van der Waals surface area contributed by atoms with Crippen LogP contribution in [0.25, 0.3) is 0 Å². The highest BCUT2D eigenvalue weighted by Gasteiger charge is 2.32. The van der Waals surface area contributed by atoms with E-state index in [4.69, 9.17) is 9.47 Å². The van der Waals surface area contributed by atoms with Crippen molar-refractivity contribution in [1.82, 2.24) is 0 Å². The molecule has 1 aromatic carbocycles. The van der Waals surface area contributed by atoms with Gasteiger partial charge in [0.15, 0.2) is 5.78 Å². The van der Waals surface area contributed by atoms with Crippen molar-refractivity contribution in [3.8, 4) is 5.75 Å². The van der Waals surface area contributed by atoms with Gasteiger partial charge in [-0.3, -0.25) is 4.79 Å². The van der Waals surface area contributed by atoms with Crippen molar-refractivity contribution in [3.63, 3.8) is 0 Å². The monoisotopic (exact) mass is 238 g/mol. The highest BCUT2D eigenvalue weighted by molar-refractivity contribution is 6.02. The molecular weight excluding hydrogens is 227 g/mol. The zero-order valence-electron chi connectivity index (χ0n) is 9.23. The normalized spacial score (nSPS) is 18.2. The second-order valence-electron chi connectivity index (χ2n) is 3.63. The summed E-state index contributed by atoms with van der Waals surface area (Å²) in [7, 11) is 0. The van der Waals surface area contributed by atoms with Gasteiger partial charge < -0.3 is 9.47 Å². The molecule has 1 aliphatic rings. The van der Waals surface area contributed by atoms with Crippen molar-refractivity contribution in [2.24, 2.45) is 0 Å². The maximum atomic E-state index is 12.9. The Morgan fingerprint density at radius 1 is 1.59 bits per heavy atom. The third-order valence-corrected chi connectivity index (χ3v) is 2.43. The van der Waals surface area contributed by atoms with Gasteiger partial charge in [-0.2, -0.15) is 0 Å². The number of ether oxygens (including phenoxy) is 2. The Kier molecular flexibility index (Phi) is 3.08. The fourth-order valence-corrected chi connectivity index (χ4v) is 1.66. The summed E-state index contributed by atoms with van der Waals surface area (Å²) < 4.78 is 23.0. The molecule has 0 bridgehead atoms. The summed E-state index contributed by atoms with van der Waals surface area (Å²) in [5.41, 5.74) is 0.172. The molecule has 1 aromatic rings. The van der Waals surface area contributed by atoms with Crippen LogP contribution in [-0.2, 0) is 9.53 Å². The minimum Gasteiger partial charge on any atom is -0.477 e. The number of hydrogen-bond donors (Lipinski definition) is 0. The number of benzene rings is 1. The van der Waals surface area contributed by atoms with E-state index in [1.807, 2.05) is 0 Å². The largest absolute Gasteiger partial charge is 0.477 e. The van der Waals surface area contributed by atoms with Crippen molar-refractivity contribution in [3.05, 3.63) is 29.6 Å². The maximum Gasteiger partial charge on any atom is 0.347 e. The van der Waals surface area contributed by atoms with Crippen molar-refractivity contribution in [1.29, 1.82) is 0 Å². The minimum absolute atomic E-state index is 0.116. The molecule has 0 saturated heterocycles. The zero-order chi connectivity index (χ0) is 12.4. The number of ketones is 1. The van der Waals surface area contributed by atoms with Crippen LogP contribution in [0.2, 0.25) is 0 Å². The first-order valence-corrected chi connectivity index (χ1v) is 5.28. The Hall–Kier alpha value is -1.91. The molecule has 0 N–H and O–H groups in total. The highest BCUT2D eigenvalue weighted by Crippen LogP contribution is 2.28. The summed E-state index contributed by atoms with van der Waals surface area (Å²) in [6, 6.07) is 3.63. The van der Waals surface area contributed by atoms with E-state index in [9.17, 15) is 14.0 Å². The lowest BCUT2D eigenvalue weighted by atomic mass is 10.0. The van der Waals surface area contributed by atoms with Crippen molar-refractivity contribution >= 4 is 11.8 Å². The van der Waals surface area contributed by atoms with E-state index in [0.717, 1.165) is 6.07 Å². The molecule has 5 heteroatoms. The average molecular weight is 238 g/mol. The number of hydrogen-bond acceptors (Lipinski definition) is 4. The minimum atomic E-state index is -0.930. The third kappa shape index (κ3) is 2.27. The van der Waals surface area contributed by atoms with Crippen LogP contribution in [0.4, 0.5) is 4.39 Å². The molecule has 0 radical (unpaired) electrons. The molecule has 2 rings (SSSR count). The van der Waals surface area contributed by atoms with Gasteiger partial charge in [0.05, 0.1) is 18.6 Å². The van der Waals surface area contributed by atoms with Crippen LogP contribution in [-0.4, -0.2) is 24.5 Å². The summed E-state index contributed by atoms with van der Waals surface area (Å²) in [5.74, 6) is -1.17. The second kappa shape index (κ2) is 4.53. The van der Waals surface area contributed by atoms with E-state index in [1.54, 1.807) is 6.92 Å². The van der Waals surface area contributed by atoms with Crippen LogP contribution in [0.5, 0.6) is 5.75 Å². The molecule has 17 heavy (non-hydrogen) atoms. The molecule has 0 saturated carbocycles. The van der Waals surface area contributed by atoms with E-state index < -0.39 is 17.9 Å². The van der Waals surface area contributed by atoms with E-state index in [-0.39, 0.29) is 30.1 Å². The molecule has 0 aromatic heterocycles. The first-order chi connectivity index (χ1) is 8.11. The van der Waals surface area contributed by atoms with E-state index in [2.05, 4.69) is 0 Å². The highest BCUT2D eigenvalue weighted by atomic mass is 19.1. The lowest BCUT2D eigenvalue weighted by Gasteiger charge is -2.23. The van der Waals surface area contributed by atoms with Gasteiger partial charge in [0, 0.05) is 0 Å². The summed E-state index contributed by atoms with van der Waals surface area (Å²) in [6.07, 6.45) is -1.05. The van der Waals surface area contributed by atoms with Gasteiger partial charge in [-0.05, 0) is 25.1 Å². The first kappa shape index (κ1) is 11.6. The third-order valence-electron chi connectivity index (χ3n) is 2.43. The van der Waals surface area contributed by atoms with Crippen molar-refractivity contribution < 1.29 is 23.5 Å². The Morgan fingerprint density at radius 2 is 2.35 bits per heavy atom. The van der Waals surface area contributed by atoms with Crippen LogP contribution in [0, 0.1) is 5.82 Å².